The van der Waals surface area contributed by atoms with Crippen molar-refractivity contribution in [3.05, 3.63) is 20.8 Å². The van der Waals surface area contributed by atoms with Gasteiger partial charge in [0, 0.05) is 6.42 Å². The van der Waals surface area contributed by atoms with Crippen LogP contribution in [0.1, 0.15) is 38.4 Å². The largest absolute Gasteiger partial charge is 0.368 e. The highest BCUT2D eigenvalue weighted by Gasteiger charge is 2.13. The minimum Gasteiger partial charge on any atom is -0.368 e. The first-order chi connectivity index (χ1) is 8.63. The van der Waals surface area contributed by atoms with Crippen molar-refractivity contribution in [2.75, 3.05) is 5.73 Å². The zero-order valence-electron chi connectivity index (χ0n) is 10.2. The van der Waals surface area contributed by atoms with E-state index in [1.165, 1.54) is 17.4 Å². The Labute approximate surface area is 113 Å². The number of nitrogen functional groups attached to an aromatic ring is 1. The maximum absolute atomic E-state index is 11.7. The number of anilines is 1. The Morgan fingerprint density at radius 2 is 2.17 bits per heavy atom. The third-order valence-corrected chi connectivity index (χ3v) is 3.35. The van der Waals surface area contributed by atoms with Gasteiger partial charge in [-0.05, 0) is 22.4 Å². The number of halogens is 1. The van der Waals surface area contributed by atoms with Crippen LogP contribution in [0.2, 0.25) is 0 Å². The molecule has 0 bridgehead atoms. The summed E-state index contributed by atoms with van der Waals surface area (Å²) in [6.07, 6.45) is 5.38. The molecule has 0 aliphatic rings. The number of aryl methyl sites for hydroxylation is 1. The van der Waals surface area contributed by atoms with Crippen molar-refractivity contribution in [3.63, 3.8) is 0 Å². The second-order valence-corrected chi connectivity index (χ2v) is 4.98. The first kappa shape index (κ1) is 13.1. The second kappa shape index (κ2) is 5.51. The highest BCUT2D eigenvalue weighted by atomic mass is 79.9. The maximum atomic E-state index is 11.7. The lowest BCUT2D eigenvalue weighted by Gasteiger charge is -2.00. The molecule has 6 nitrogen and oxygen atoms in total. The summed E-state index contributed by atoms with van der Waals surface area (Å²) in [5.74, 6) is 0.873. The summed E-state index contributed by atoms with van der Waals surface area (Å²) >= 11 is 3.28. The van der Waals surface area contributed by atoms with Crippen LogP contribution in [0, 0.1) is 0 Å². The van der Waals surface area contributed by atoms with Crippen molar-refractivity contribution in [1.29, 1.82) is 0 Å². The molecule has 0 fully saturated rings. The van der Waals surface area contributed by atoms with Crippen molar-refractivity contribution < 1.29 is 0 Å². The van der Waals surface area contributed by atoms with Crippen molar-refractivity contribution in [3.8, 4) is 0 Å². The molecular weight excluding hydrogens is 298 g/mol. The van der Waals surface area contributed by atoms with Crippen LogP contribution < -0.4 is 11.3 Å². The van der Waals surface area contributed by atoms with Crippen molar-refractivity contribution >= 4 is 27.4 Å². The molecule has 0 radical (unpaired) electrons. The number of H-pyrrole nitrogens is 1. The van der Waals surface area contributed by atoms with E-state index in [4.69, 9.17) is 5.73 Å². The van der Waals surface area contributed by atoms with E-state index in [0.29, 0.717) is 10.1 Å². The molecule has 7 heteroatoms. The monoisotopic (exact) mass is 313 g/mol. The highest BCUT2D eigenvalue weighted by Crippen LogP contribution is 2.16. The molecule has 0 saturated carbocycles. The Balaban J connectivity index is 2.31. The maximum Gasteiger partial charge on any atom is 0.279 e. The molecule has 2 aromatic rings. The Hall–Kier alpha value is -1.37. The van der Waals surface area contributed by atoms with Gasteiger partial charge < -0.3 is 5.73 Å². The number of nitrogens with one attached hydrogen (secondary N) is 1. The van der Waals surface area contributed by atoms with Crippen molar-refractivity contribution in [1.82, 2.24) is 19.6 Å². The summed E-state index contributed by atoms with van der Waals surface area (Å²) in [6, 6.07) is 0. The number of aromatic amines is 1. The van der Waals surface area contributed by atoms with Crippen LogP contribution in [-0.4, -0.2) is 19.6 Å². The van der Waals surface area contributed by atoms with Crippen LogP contribution in [0.4, 0.5) is 5.95 Å². The Bertz CT molecular complexity index is 603. The van der Waals surface area contributed by atoms with Gasteiger partial charge in [0.1, 0.15) is 10.4 Å². The molecule has 2 heterocycles. The zero-order chi connectivity index (χ0) is 13.1. The number of imidazole rings is 1. The van der Waals surface area contributed by atoms with Crippen LogP contribution >= 0.6 is 15.9 Å². The van der Waals surface area contributed by atoms with E-state index in [1.54, 1.807) is 0 Å². The Kier molecular flexibility index (Phi) is 4.00. The van der Waals surface area contributed by atoms with Crippen molar-refractivity contribution in [2.24, 2.45) is 0 Å². The molecule has 2 aromatic heterocycles. The molecule has 0 unspecified atom stereocenters. The summed E-state index contributed by atoms with van der Waals surface area (Å²) in [6.45, 7) is 2.17. The lowest BCUT2D eigenvalue weighted by molar-refractivity contribution is 0.642. The first-order valence-electron chi connectivity index (χ1n) is 6.06. The molecule has 18 heavy (non-hydrogen) atoms. The normalized spacial score (nSPS) is 11.2. The van der Waals surface area contributed by atoms with Gasteiger partial charge in [-0.15, -0.1) is 5.10 Å². The summed E-state index contributed by atoms with van der Waals surface area (Å²) in [7, 11) is 0. The summed E-state index contributed by atoms with van der Waals surface area (Å²) in [5.41, 5.74) is 5.68. The number of hydrogen-bond donors (Lipinski definition) is 2. The predicted molar refractivity (Wildman–Crippen MR) is 73.6 cm³/mol. The standard InChI is InChI=1S/C11H16BrN5O/c1-2-3-4-5-6-7-14-9(12)8-10(18)15-11(13)16-17(7)8/h2-6H2,1H3,(H3,13,15,16,18). The van der Waals surface area contributed by atoms with E-state index < -0.39 is 0 Å². The average molecular weight is 314 g/mol. The molecule has 2 rings (SSSR count). The van der Waals surface area contributed by atoms with Gasteiger partial charge in [-0.3, -0.25) is 9.78 Å². The molecule has 3 N–H and O–H groups in total. The fraction of sp³-hybridized carbons (Fsp3) is 0.545. The van der Waals surface area contributed by atoms with Crippen LogP contribution in [0.15, 0.2) is 9.40 Å². The van der Waals surface area contributed by atoms with Gasteiger partial charge in [0.15, 0.2) is 5.52 Å². The summed E-state index contributed by atoms with van der Waals surface area (Å²) in [5, 5.41) is 4.10. The number of aromatic nitrogens is 4. The first-order valence-corrected chi connectivity index (χ1v) is 6.85. The number of nitrogens with two attached hydrogens (primary N) is 1. The van der Waals surface area contributed by atoms with Crippen LogP contribution in [0.3, 0.4) is 0 Å². The van der Waals surface area contributed by atoms with Gasteiger partial charge in [-0.2, -0.15) is 0 Å². The Morgan fingerprint density at radius 3 is 2.89 bits per heavy atom. The van der Waals surface area contributed by atoms with Gasteiger partial charge in [-0.25, -0.2) is 9.50 Å². The third-order valence-electron chi connectivity index (χ3n) is 2.80. The van der Waals surface area contributed by atoms with Crippen LogP contribution in [0.5, 0.6) is 0 Å². The number of rotatable bonds is 5. The Morgan fingerprint density at radius 1 is 1.39 bits per heavy atom. The number of hydrogen-bond acceptors (Lipinski definition) is 4. The minimum atomic E-state index is -0.276. The molecule has 0 aromatic carbocycles. The van der Waals surface area contributed by atoms with E-state index >= 15 is 0 Å². The lowest BCUT2D eigenvalue weighted by Crippen LogP contribution is -2.16. The summed E-state index contributed by atoms with van der Waals surface area (Å²) in [4.78, 5) is 18.5. The summed E-state index contributed by atoms with van der Waals surface area (Å²) < 4.78 is 2.05. The van der Waals surface area contributed by atoms with E-state index in [1.807, 2.05) is 0 Å². The SMILES string of the molecule is CCCCCCc1nc(Br)c2c(=O)[nH]c(N)nn12. The zero-order valence-corrected chi connectivity index (χ0v) is 11.8. The van der Waals surface area contributed by atoms with Gasteiger partial charge in [-0.1, -0.05) is 26.2 Å². The quantitative estimate of drug-likeness (QED) is 0.825. The average Bonchev–Trinajstić information content (AvgIpc) is 2.61. The molecule has 0 atom stereocenters. The minimum absolute atomic E-state index is 0.104. The highest BCUT2D eigenvalue weighted by molar-refractivity contribution is 9.10. The van der Waals surface area contributed by atoms with Crippen molar-refractivity contribution in [2.45, 2.75) is 39.0 Å². The van der Waals surface area contributed by atoms with Gasteiger partial charge in [0.05, 0.1) is 0 Å². The molecule has 0 amide bonds. The number of unbranched alkanes of at least 4 members (excludes halogenated alkanes) is 3. The molecule has 0 spiro atoms. The van der Waals surface area contributed by atoms with E-state index in [2.05, 4.69) is 37.9 Å². The van der Waals surface area contributed by atoms with E-state index in [9.17, 15) is 4.79 Å². The fourth-order valence-corrected chi connectivity index (χ4v) is 2.46. The molecule has 98 valence electrons. The van der Waals surface area contributed by atoms with E-state index in [-0.39, 0.29) is 11.5 Å². The predicted octanol–water partition coefficient (Wildman–Crippen LogP) is 1.89. The number of fused-ring (bicyclic) bond motifs is 1. The van der Waals surface area contributed by atoms with Gasteiger partial charge in [0.25, 0.3) is 5.56 Å². The fourth-order valence-electron chi connectivity index (χ4n) is 1.91. The molecular formula is C11H16BrN5O. The second-order valence-electron chi connectivity index (χ2n) is 4.23. The smallest absolute Gasteiger partial charge is 0.279 e. The van der Waals surface area contributed by atoms with Gasteiger partial charge >= 0.3 is 0 Å². The lowest BCUT2D eigenvalue weighted by atomic mass is 10.1. The topological polar surface area (TPSA) is 89.1 Å². The molecule has 0 aliphatic heterocycles. The third kappa shape index (κ3) is 2.55. The van der Waals surface area contributed by atoms with Gasteiger partial charge in [0.2, 0.25) is 5.95 Å². The molecule has 0 aliphatic carbocycles. The van der Waals surface area contributed by atoms with Crippen LogP contribution in [0.25, 0.3) is 5.52 Å². The van der Waals surface area contributed by atoms with E-state index in [0.717, 1.165) is 25.1 Å². The number of nitrogens with zero attached hydrogens (tertiary/aromatic N) is 3. The molecule has 0 saturated heterocycles. The van der Waals surface area contributed by atoms with Crippen LogP contribution in [-0.2, 0) is 6.42 Å².